The number of halogens is 3. The van der Waals surface area contributed by atoms with Gasteiger partial charge >= 0.3 is 0 Å². The summed E-state index contributed by atoms with van der Waals surface area (Å²) in [6, 6.07) is 4.54. The zero-order chi connectivity index (χ0) is 13.9. The fourth-order valence-electron chi connectivity index (χ4n) is 1.23. The molecule has 1 aromatic rings. The molecule has 0 unspecified atom stereocenters. The summed E-state index contributed by atoms with van der Waals surface area (Å²) >= 11 is 16.8. The van der Waals surface area contributed by atoms with Crippen molar-refractivity contribution in [1.29, 1.82) is 0 Å². The lowest BCUT2D eigenvalue weighted by molar-refractivity contribution is -0.416. The Bertz CT molecular complexity index is 456. The third-order valence-electron chi connectivity index (χ3n) is 2.29. The molecule has 0 fully saturated rings. The van der Waals surface area contributed by atoms with Crippen LogP contribution in [0.5, 0.6) is 0 Å². The van der Waals surface area contributed by atoms with Crippen LogP contribution in [0.2, 0.25) is 0 Å². The van der Waals surface area contributed by atoms with Crippen molar-refractivity contribution in [2.75, 3.05) is 0 Å². The summed E-state index contributed by atoms with van der Waals surface area (Å²) in [4.78, 5) is 21.7. The highest BCUT2D eigenvalue weighted by molar-refractivity contribution is 6.68. The molecule has 1 atom stereocenters. The van der Waals surface area contributed by atoms with Crippen LogP contribution in [0.3, 0.4) is 0 Å². The van der Waals surface area contributed by atoms with E-state index in [-0.39, 0.29) is 17.9 Å². The number of hydrogen-bond acceptors (Lipinski definition) is 3. The molecule has 0 saturated carbocycles. The van der Waals surface area contributed by atoms with Crippen molar-refractivity contribution >= 4 is 46.3 Å². The summed E-state index contributed by atoms with van der Waals surface area (Å²) in [6.45, 7) is 0. The Labute approximate surface area is 118 Å². The van der Waals surface area contributed by atoms with Crippen LogP contribution in [0, 0.1) is 10.1 Å². The number of ketones is 1. The van der Waals surface area contributed by atoms with Gasteiger partial charge in [-0.1, -0.05) is 34.8 Å². The van der Waals surface area contributed by atoms with Crippen LogP contribution in [0.1, 0.15) is 16.8 Å². The summed E-state index contributed by atoms with van der Waals surface area (Å²) in [6.07, 6.45) is -0.0473. The molecule has 98 valence electrons. The summed E-state index contributed by atoms with van der Waals surface area (Å²) in [5.74, 6) is -0.281. The Morgan fingerprint density at radius 3 is 2.22 bits per heavy atom. The molecule has 8 heteroatoms. The molecule has 5 nitrogen and oxygen atoms in total. The first-order valence-corrected chi connectivity index (χ1v) is 6.02. The minimum absolute atomic E-state index is 0.0473. The average Bonchev–Trinajstić information content (AvgIpc) is 2.27. The number of quaternary nitrogens is 1. The van der Waals surface area contributed by atoms with Gasteiger partial charge in [0.15, 0.2) is 5.78 Å². The molecule has 0 amide bonds. The monoisotopic (exact) mass is 311 g/mol. The molecule has 0 heterocycles. The molecule has 0 aromatic heterocycles. The van der Waals surface area contributed by atoms with Crippen LogP contribution in [0.15, 0.2) is 24.3 Å². The molecule has 0 aliphatic heterocycles. The highest BCUT2D eigenvalue weighted by Gasteiger charge is 2.34. The van der Waals surface area contributed by atoms with E-state index >= 15 is 0 Å². The molecule has 3 N–H and O–H groups in total. The van der Waals surface area contributed by atoms with E-state index in [1.54, 1.807) is 0 Å². The topological polar surface area (TPSA) is 87.8 Å². The lowest BCUT2D eigenvalue weighted by atomic mass is 10.0. The Hall–Kier alpha value is -0.880. The standard InChI is InChI=1S/C10H9Cl3N2O3/c11-10(12,13)9(14)5-8(16)6-1-3-7(4-2-6)15(17)18/h1-4,9H,5,14H2/p+1/t9-/m1/s1. The van der Waals surface area contributed by atoms with Crippen molar-refractivity contribution in [3.8, 4) is 0 Å². The highest BCUT2D eigenvalue weighted by Crippen LogP contribution is 2.30. The number of Topliss-reactive ketones (excluding diaryl/α,β-unsaturated/α-hetero) is 1. The molecule has 0 spiro atoms. The number of carbonyl (C=O) groups excluding carboxylic acids is 1. The van der Waals surface area contributed by atoms with E-state index in [1.165, 1.54) is 24.3 Å². The number of hydrogen-bond donors (Lipinski definition) is 1. The first kappa shape index (κ1) is 15.2. The molecule has 0 aliphatic carbocycles. The molecule has 18 heavy (non-hydrogen) atoms. The van der Waals surface area contributed by atoms with Crippen molar-refractivity contribution in [3.63, 3.8) is 0 Å². The van der Waals surface area contributed by atoms with Crippen LogP contribution in [0.4, 0.5) is 5.69 Å². The van der Waals surface area contributed by atoms with E-state index in [1.807, 2.05) is 0 Å². The van der Waals surface area contributed by atoms with E-state index in [2.05, 4.69) is 5.73 Å². The smallest absolute Gasteiger partial charge is 0.269 e. The van der Waals surface area contributed by atoms with Crippen LogP contribution in [0.25, 0.3) is 0 Å². The maximum Gasteiger partial charge on any atom is 0.269 e. The lowest BCUT2D eigenvalue weighted by Gasteiger charge is -2.15. The quantitative estimate of drug-likeness (QED) is 0.400. The summed E-state index contributed by atoms with van der Waals surface area (Å²) in [5.41, 5.74) is 3.83. The number of benzene rings is 1. The van der Waals surface area contributed by atoms with Gasteiger partial charge in [0.1, 0.15) is 6.04 Å². The SMILES string of the molecule is [NH3+][C@H](CC(=O)c1ccc([N+](=O)[O-])cc1)C(Cl)(Cl)Cl. The Balaban J connectivity index is 2.76. The number of alkyl halides is 3. The van der Waals surface area contributed by atoms with Gasteiger partial charge in [0.2, 0.25) is 3.79 Å². The van der Waals surface area contributed by atoms with Gasteiger partial charge in [-0.2, -0.15) is 0 Å². The number of non-ortho nitro benzene ring substituents is 1. The summed E-state index contributed by atoms with van der Waals surface area (Å²) in [7, 11) is 0. The largest absolute Gasteiger partial charge is 0.351 e. The average molecular weight is 313 g/mol. The van der Waals surface area contributed by atoms with Gasteiger partial charge in [-0.3, -0.25) is 14.9 Å². The Morgan fingerprint density at radius 2 is 1.83 bits per heavy atom. The Morgan fingerprint density at radius 1 is 1.33 bits per heavy atom. The van der Waals surface area contributed by atoms with Gasteiger partial charge in [-0.05, 0) is 12.1 Å². The molecule has 0 bridgehead atoms. The molecular formula is C10H10Cl3N2O3+. The molecule has 1 rings (SSSR count). The minimum atomic E-state index is -1.61. The molecule has 0 aliphatic rings. The first-order valence-electron chi connectivity index (χ1n) is 4.89. The fourth-order valence-corrected chi connectivity index (χ4v) is 1.46. The van der Waals surface area contributed by atoms with Gasteiger partial charge < -0.3 is 5.73 Å². The van der Waals surface area contributed by atoms with E-state index in [0.717, 1.165) is 0 Å². The zero-order valence-electron chi connectivity index (χ0n) is 9.11. The third kappa shape index (κ3) is 4.10. The second kappa shape index (κ2) is 5.84. The van der Waals surface area contributed by atoms with Crippen LogP contribution >= 0.6 is 34.8 Å². The predicted octanol–water partition coefficient (Wildman–Crippen LogP) is 2.15. The van der Waals surface area contributed by atoms with Gasteiger partial charge in [-0.15, -0.1) is 0 Å². The minimum Gasteiger partial charge on any atom is -0.351 e. The predicted molar refractivity (Wildman–Crippen MR) is 69.0 cm³/mol. The van der Waals surface area contributed by atoms with Gasteiger partial charge in [0.05, 0.1) is 11.3 Å². The highest BCUT2D eigenvalue weighted by atomic mass is 35.6. The van der Waals surface area contributed by atoms with Crippen molar-refractivity contribution in [3.05, 3.63) is 39.9 Å². The van der Waals surface area contributed by atoms with Crippen LogP contribution < -0.4 is 5.73 Å². The van der Waals surface area contributed by atoms with E-state index < -0.39 is 14.8 Å². The summed E-state index contributed by atoms with van der Waals surface area (Å²) < 4.78 is -1.61. The third-order valence-corrected chi connectivity index (χ3v) is 3.22. The van der Waals surface area contributed by atoms with Gasteiger partial charge in [0.25, 0.3) is 5.69 Å². The fraction of sp³-hybridized carbons (Fsp3) is 0.300. The number of rotatable bonds is 4. The van der Waals surface area contributed by atoms with E-state index in [4.69, 9.17) is 34.8 Å². The second-order valence-electron chi connectivity index (χ2n) is 3.67. The van der Waals surface area contributed by atoms with Gasteiger partial charge in [0, 0.05) is 17.7 Å². The number of carbonyl (C=O) groups is 1. The van der Waals surface area contributed by atoms with Crippen molar-refractivity contribution < 1.29 is 15.5 Å². The van der Waals surface area contributed by atoms with Gasteiger partial charge in [-0.25, -0.2) is 0 Å². The molecule has 1 aromatic carbocycles. The molecular weight excluding hydrogens is 302 g/mol. The maximum absolute atomic E-state index is 11.8. The van der Waals surface area contributed by atoms with E-state index in [0.29, 0.717) is 5.56 Å². The van der Waals surface area contributed by atoms with Crippen molar-refractivity contribution in [2.45, 2.75) is 16.3 Å². The van der Waals surface area contributed by atoms with E-state index in [9.17, 15) is 14.9 Å². The number of nitro groups is 1. The first-order chi connectivity index (χ1) is 8.21. The van der Waals surface area contributed by atoms with Crippen LogP contribution in [-0.4, -0.2) is 20.5 Å². The normalized spacial score (nSPS) is 13.1. The zero-order valence-corrected chi connectivity index (χ0v) is 11.4. The maximum atomic E-state index is 11.8. The second-order valence-corrected chi connectivity index (χ2v) is 6.04. The molecule has 0 saturated heterocycles. The van der Waals surface area contributed by atoms with Crippen LogP contribution in [-0.2, 0) is 0 Å². The number of nitrogens with zero attached hydrogens (tertiary/aromatic N) is 1. The molecule has 0 radical (unpaired) electrons. The lowest BCUT2D eigenvalue weighted by Crippen LogP contribution is -2.67. The Kier molecular flexibility index (Phi) is 4.92. The summed E-state index contributed by atoms with van der Waals surface area (Å²) in [5, 5.41) is 10.4. The van der Waals surface area contributed by atoms with Crippen molar-refractivity contribution in [2.24, 2.45) is 0 Å². The van der Waals surface area contributed by atoms with Crippen molar-refractivity contribution in [1.82, 2.24) is 0 Å². The number of nitro benzene ring substituents is 1.